The Bertz CT molecular complexity index is 361. The van der Waals surface area contributed by atoms with Crippen molar-refractivity contribution in [2.24, 2.45) is 0 Å². The topological polar surface area (TPSA) is 37.8 Å². The van der Waals surface area contributed by atoms with Crippen LogP contribution < -0.4 is 5.32 Å². The van der Waals surface area contributed by atoms with Crippen molar-refractivity contribution in [1.82, 2.24) is 9.97 Å². The number of anilines is 1. The SMILES string of the molecule is C=C(Cl)CNc1nc(C)cc(C(C)C)n1. The van der Waals surface area contributed by atoms with E-state index in [0.29, 0.717) is 23.4 Å². The smallest absolute Gasteiger partial charge is 0.223 e. The third kappa shape index (κ3) is 3.88. The zero-order chi connectivity index (χ0) is 11.4. The number of nitrogens with zero attached hydrogens (tertiary/aromatic N) is 2. The van der Waals surface area contributed by atoms with Crippen LogP contribution in [0.15, 0.2) is 17.7 Å². The molecule has 3 nitrogen and oxygen atoms in total. The summed E-state index contributed by atoms with van der Waals surface area (Å²) < 4.78 is 0. The normalized spacial score (nSPS) is 10.5. The van der Waals surface area contributed by atoms with E-state index in [1.54, 1.807) is 0 Å². The number of hydrogen-bond acceptors (Lipinski definition) is 3. The lowest BCUT2D eigenvalue weighted by Crippen LogP contribution is -2.08. The molecule has 1 aromatic heterocycles. The molecule has 0 saturated heterocycles. The van der Waals surface area contributed by atoms with Crippen molar-refractivity contribution in [3.63, 3.8) is 0 Å². The van der Waals surface area contributed by atoms with Gasteiger partial charge < -0.3 is 5.32 Å². The molecule has 0 saturated carbocycles. The minimum Gasteiger partial charge on any atom is -0.349 e. The van der Waals surface area contributed by atoms with E-state index in [1.807, 2.05) is 13.0 Å². The van der Waals surface area contributed by atoms with E-state index >= 15 is 0 Å². The molecule has 0 spiro atoms. The van der Waals surface area contributed by atoms with Gasteiger partial charge in [0.05, 0.1) is 6.54 Å². The van der Waals surface area contributed by atoms with Gasteiger partial charge in [-0.3, -0.25) is 0 Å². The molecular weight excluding hydrogens is 210 g/mol. The molecule has 1 N–H and O–H groups in total. The lowest BCUT2D eigenvalue weighted by molar-refractivity contribution is 0.810. The number of aryl methyl sites for hydroxylation is 1. The third-order valence-electron chi connectivity index (χ3n) is 1.90. The van der Waals surface area contributed by atoms with Gasteiger partial charge in [0.25, 0.3) is 0 Å². The van der Waals surface area contributed by atoms with E-state index in [-0.39, 0.29) is 0 Å². The van der Waals surface area contributed by atoms with E-state index in [1.165, 1.54) is 0 Å². The van der Waals surface area contributed by atoms with Gasteiger partial charge >= 0.3 is 0 Å². The van der Waals surface area contributed by atoms with Crippen LogP contribution in [0.5, 0.6) is 0 Å². The molecule has 0 amide bonds. The molecule has 0 aliphatic carbocycles. The monoisotopic (exact) mass is 225 g/mol. The van der Waals surface area contributed by atoms with Gasteiger partial charge in [-0.1, -0.05) is 32.0 Å². The Kier molecular flexibility index (Phi) is 4.09. The fourth-order valence-electron chi connectivity index (χ4n) is 1.14. The van der Waals surface area contributed by atoms with Gasteiger partial charge in [-0.2, -0.15) is 0 Å². The molecule has 0 atom stereocenters. The van der Waals surface area contributed by atoms with Crippen molar-refractivity contribution in [2.75, 3.05) is 11.9 Å². The van der Waals surface area contributed by atoms with Crippen molar-refractivity contribution in [3.8, 4) is 0 Å². The Morgan fingerprint density at radius 3 is 2.73 bits per heavy atom. The maximum atomic E-state index is 5.66. The van der Waals surface area contributed by atoms with Crippen LogP contribution >= 0.6 is 11.6 Å². The summed E-state index contributed by atoms with van der Waals surface area (Å²) in [6.45, 7) is 10.2. The first-order valence-corrected chi connectivity index (χ1v) is 5.29. The summed E-state index contributed by atoms with van der Waals surface area (Å²) in [4.78, 5) is 8.65. The first-order valence-electron chi connectivity index (χ1n) is 4.91. The second-order valence-corrected chi connectivity index (χ2v) is 4.32. The molecule has 1 aromatic rings. The lowest BCUT2D eigenvalue weighted by Gasteiger charge is -2.09. The number of aromatic nitrogens is 2. The van der Waals surface area contributed by atoms with Crippen LogP contribution in [0.25, 0.3) is 0 Å². The molecule has 0 aromatic carbocycles. The highest BCUT2D eigenvalue weighted by atomic mass is 35.5. The van der Waals surface area contributed by atoms with Crippen molar-refractivity contribution >= 4 is 17.5 Å². The Morgan fingerprint density at radius 1 is 1.53 bits per heavy atom. The fourth-order valence-corrected chi connectivity index (χ4v) is 1.21. The average Bonchev–Trinajstić information content (AvgIpc) is 2.13. The molecular formula is C11H16ClN3. The number of halogens is 1. The van der Waals surface area contributed by atoms with Crippen LogP contribution in [0, 0.1) is 6.92 Å². The van der Waals surface area contributed by atoms with E-state index < -0.39 is 0 Å². The molecule has 0 bridgehead atoms. The maximum Gasteiger partial charge on any atom is 0.223 e. The quantitative estimate of drug-likeness (QED) is 0.856. The molecule has 1 rings (SSSR count). The highest BCUT2D eigenvalue weighted by molar-refractivity contribution is 6.29. The van der Waals surface area contributed by atoms with E-state index in [2.05, 4.69) is 35.7 Å². The van der Waals surface area contributed by atoms with Crippen LogP contribution in [0.2, 0.25) is 0 Å². The molecule has 15 heavy (non-hydrogen) atoms. The zero-order valence-corrected chi connectivity index (χ0v) is 10.1. The van der Waals surface area contributed by atoms with Gasteiger partial charge in [0, 0.05) is 16.4 Å². The van der Waals surface area contributed by atoms with Crippen molar-refractivity contribution < 1.29 is 0 Å². The van der Waals surface area contributed by atoms with Gasteiger partial charge in [0.2, 0.25) is 5.95 Å². The highest BCUT2D eigenvalue weighted by Gasteiger charge is 2.05. The molecule has 82 valence electrons. The summed E-state index contributed by atoms with van der Waals surface area (Å²) in [6.07, 6.45) is 0. The molecule has 0 unspecified atom stereocenters. The molecule has 0 aliphatic rings. The number of hydrogen-bond donors (Lipinski definition) is 1. The first-order chi connectivity index (χ1) is 6.99. The van der Waals surface area contributed by atoms with Crippen LogP contribution in [0.4, 0.5) is 5.95 Å². The van der Waals surface area contributed by atoms with Crippen LogP contribution in [-0.4, -0.2) is 16.5 Å². The number of nitrogens with one attached hydrogen (secondary N) is 1. The summed E-state index contributed by atoms with van der Waals surface area (Å²) in [6, 6.07) is 1.99. The second kappa shape index (κ2) is 5.12. The van der Waals surface area contributed by atoms with Crippen molar-refractivity contribution in [3.05, 3.63) is 29.1 Å². The highest BCUT2D eigenvalue weighted by Crippen LogP contribution is 2.14. The van der Waals surface area contributed by atoms with Gasteiger partial charge in [-0.25, -0.2) is 9.97 Å². The minimum absolute atomic E-state index is 0.395. The maximum absolute atomic E-state index is 5.66. The largest absolute Gasteiger partial charge is 0.349 e. The standard InChI is InChI=1S/C11H16ClN3/c1-7(2)10-5-9(4)14-11(15-10)13-6-8(3)12/h5,7H,3,6H2,1-2,4H3,(H,13,14,15). The predicted octanol–water partition coefficient (Wildman–Crippen LogP) is 3.07. The van der Waals surface area contributed by atoms with Crippen LogP contribution in [-0.2, 0) is 0 Å². The van der Waals surface area contributed by atoms with Crippen LogP contribution in [0.1, 0.15) is 31.2 Å². The number of rotatable bonds is 4. The summed E-state index contributed by atoms with van der Waals surface area (Å²) in [5, 5.41) is 3.57. The third-order valence-corrected chi connectivity index (χ3v) is 2.04. The Morgan fingerprint density at radius 2 is 2.20 bits per heavy atom. The van der Waals surface area contributed by atoms with E-state index in [4.69, 9.17) is 11.6 Å². The lowest BCUT2D eigenvalue weighted by atomic mass is 10.1. The summed E-state index contributed by atoms with van der Waals surface area (Å²) >= 11 is 5.66. The van der Waals surface area contributed by atoms with Gasteiger partial charge in [0.1, 0.15) is 0 Å². The van der Waals surface area contributed by atoms with E-state index in [0.717, 1.165) is 11.4 Å². The molecule has 0 aliphatic heterocycles. The second-order valence-electron chi connectivity index (χ2n) is 3.78. The molecule has 0 fully saturated rings. The Hall–Kier alpha value is -1.09. The summed E-state index contributed by atoms with van der Waals surface area (Å²) in [5.41, 5.74) is 1.99. The van der Waals surface area contributed by atoms with Crippen LogP contribution in [0.3, 0.4) is 0 Å². The first kappa shape index (κ1) is 12.0. The zero-order valence-electron chi connectivity index (χ0n) is 9.34. The molecule has 0 radical (unpaired) electrons. The molecule has 1 heterocycles. The molecule has 4 heteroatoms. The van der Waals surface area contributed by atoms with Gasteiger partial charge in [-0.15, -0.1) is 0 Å². The van der Waals surface area contributed by atoms with Crippen molar-refractivity contribution in [2.45, 2.75) is 26.7 Å². The minimum atomic E-state index is 0.395. The Labute approximate surface area is 95.6 Å². The van der Waals surface area contributed by atoms with E-state index in [9.17, 15) is 0 Å². The van der Waals surface area contributed by atoms with Gasteiger partial charge in [0.15, 0.2) is 0 Å². The average molecular weight is 226 g/mol. The summed E-state index contributed by atoms with van der Waals surface area (Å²) in [7, 11) is 0. The Balaban J connectivity index is 2.84. The van der Waals surface area contributed by atoms with Crippen molar-refractivity contribution in [1.29, 1.82) is 0 Å². The van der Waals surface area contributed by atoms with Gasteiger partial charge in [-0.05, 0) is 18.9 Å². The summed E-state index contributed by atoms with van der Waals surface area (Å²) in [5.74, 6) is 1.01. The predicted molar refractivity (Wildman–Crippen MR) is 64.3 cm³/mol. The fraction of sp³-hybridized carbons (Fsp3) is 0.455.